The smallest absolute Gasteiger partial charge is 0.134 e. The quantitative estimate of drug-likeness (QED) is 0.829. The van der Waals surface area contributed by atoms with Crippen molar-refractivity contribution in [2.24, 2.45) is 11.8 Å². The number of para-hydroxylation sites is 1. The van der Waals surface area contributed by atoms with Crippen LogP contribution in [0.3, 0.4) is 0 Å². The number of aliphatic hydroxyl groups excluding tert-OH is 1. The van der Waals surface area contributed by atoms with Crippen molar-refractivity contribution >= 4 is 11.6 Å². The summed E-state index contributed by atoms with van der Waals surface area (Å²) < 4.78 is 5.93. The van der Waals surface area contributed by atoms with Gasteiger partial charge in [-0.05, 0) is 49.7 Å². The predicted molar refractivity (Wildman–Crippen MR) is 111 cm³/mol. The number of ether oxygens (including phenoxy) is 1. The molecular weight excluding hydrogens is 352 g/mol. The first kappa shape index (κ1) is 19.0. The second kappa shape index (κ2) is 9.24. The van der Waals surface area contributed by atoms with Gasteiger partial charge >= 0.3 is 0 Å². The molecule has 2 aliphatic heterocycles. The Morgan fingerprint density at radius 3 is 2.43 bits per heavy atom. The summed E-state index contributed by atoms with van der Waals surface area (Å²) in [5, 5.41) is 9.48. The van der Waals surface area contributed by atoms with Gasteiger partial charge in [0.25, 0.3) is 0 Å². The summed E-state index contributed by atoms with van der Waals surface area (Å²) in [5.41, 5.74) is 0. The van der Waals surface area contributed by atoms with Crippen LogP contribution in [0, 0.1) is 11.8 Å². The Labute approximate surface area is 167 Å². The predicted octanol–water partition coefficient (Wildman–Crippen LogP) is 2.98. The molecule has 0 saturated carbocycles. The number of benzene rings is 1. The third-order valence-electron chi connectivity index (χ3n) is 5.91. The maximum absolute atomic E-state index is 9.48. The summed E-state index contributed by atoms with van der Waals surface area (Å²) in [6, 6.07) is 12.2. The lowest BCUT2D eigenvalue weighted by Crippen LogP contribution is -2.38. The monoisotopic (exact) mass is 382 g/mol. The van der Waals surface area contributed by atoms with Crippen molar-refractivity contribution in [2.75, 3.05) is 49.2 Å². The molecule has 150 valence electrons. The normalized spacial score (nSPS) is 21.0. The van der Waals surface area contributed by atoms with Crippen LogP contribution in [0.2, 0.25) is 0 Å². The highest BCUT2D eigenvalue weighted by Crippen LogP contribution is 2.27. The molecule has 0 aliphatic carbocycles. The van der Waals surface area contributed by atoms with E-state index in [-0.39, 0.29) is 6.61 Å². The minimum atomic E-state index is 0.257. The van der Waals surface area contributed by atoms with Crippen LogP contribution in [0.25, 0.3) is 0 Å². The van der Waals surface area contributed by atoms with Crippen molar-refractivity contribution in [1.29, 1.82) is 0 Å². The van der Waals surface area contributed by atoms with Gasteiger partial charge in [0.2, 0.25) is 0 Å². The largest absolute Gasteiger partial charge is 0.493 e. The molecule has 0 spiro atoms. The number of anilines is 2. The highest BCUT2D eigenvalue weighted by atomic mass is 16.5. The molecule has 1 atom stereocenters. The second-order valence-electron chi connectivity index (χ2n) is 7.93. The van der Waals surface area contributed by atoms with E-state index in [9.17, 15) is 5.11 Å². The zero-order chi connectivity index (χ0) is 19.2. The Kier molecular flexibility index (Phi) is 6.27. The molecule has 4 rings (SSSR count). The van der Waals surface area contributed by atoms with Gasteiger partial charge in [-0.25, -0.2) is 9.97 Å². The molecular formula is C22H30N4O2. The fourth-order valence-electron chi connectivity index (χ4n) is 4.16. The van der Waals surface area contributed by atoms with Gasteiger partial charge < -0.3 is 19.6 Å². The van der Waals surface area contributed by atoms with E-state index in [4.69, 9.17) is 4.74 Å². The zero-order valence-corrected chi connectivity index (χ0v) is 16.4. The molecule has 2 fully saturated rings. The van der Waals surface area contributed by atoms with Gasteiger partial charge in [0.1, 0.15) is 23.7 Å². The minimum absolute atomic E-state index is 0.257. The van der Waals surface area contributed by atoms with E-state index in [0.29, 0.717) is 11.8 Å². The molecule has 2 aromatic rings. The minimum Gasteiger partial charge on any atom is -0.493 e. The summed E-state index contributed by atoms with van der Waals surface area (Å²) in [4.78, 5) is 13.7. The van der Waals surface area contributed by atoms with Crippen LogP contribution in [0.4, 0.5) is 11.6 Å². The molecule has 1 N–H and O–H groups in total. The summed E-state index contributed by atoms with van der Waals surface area (Å²) in [6.07, 6.45) is 6.11. The number of aliphatic hydroxyl groups is 1. The first-order valence-electron chi connectivity index (χ1n) is 10.4. The van der Waals surface area contributed by atoms with E-state index in [1.54, 1.807) is 6.33 Å². The lowest BCUT2D eigenvalue weighted by Gasteiger charge is -2.35. The van der Waals surface area contributed by atoms with E-state index in [1.165, 1.54) is 0 Å². The SMILES string of the molecule is OCC1CCCN(c2cc(N3CCC(COc4ccccc4)CC3)ncn2)C1. The maximum atomic E-state index is 9.48. The van der Waals surface area contributed by atoms with Crippen molar-refractivity contribution in [3.05, 3.63) is 42.7 Å². The van der Waals surface area contributed by atoms with Crippen LogP contribution in [-0.2, 0) is 0 Å². The average molecular weight is 383 g/mol. The molecule has 1 aromatic heterocycles. The number of piperidine rings is 2. The van der Waals surface area contributed by atoms with Gasteiger partial charge in [0.05, 0.1) is 6.61 Å². The summed E-state index contributed by atoms with van der Waals surface area (Å²) in [7, 11) is 0. The molecule has 0 bridgehead atoms. The Hall–Kier alpha value is -2.34. The molecule has 1 aromatic carbocycles. The van der Waals surface area contributed by atoms with Crippen LogP contribution in [0.5, 0.6) is 5.75 Å². The summed E-state index contributed by atoms with van der Waals surface area (Å²) >= 11 is 0. The van der Waals surface area contributed by atoms with E-state index in [1.807, 2.05) is 30.3 Å². The van der Waals surface area contributed by atoms with E-state index in [0.717, 1.165) is 75.9 Å². The molecule has 2 aliphatic rings. The molecule has 6 nitrogen and oxygen atoms in total. The van der Waals surface area contributed by atoms with Gasteiger partial charge in [-0.1, -0.05) is 18.2 Å². The Balaban J connectivity index is 1.31. The first-order valence-corrected chi connectivity index (χ1v) is 10.4. The topological polar surface area (TPSA) is 61.7 Å². The Morgan fingerprint density at radius 1 is 0.929 bits per heavy atom. The first-order chi connectivity index (χ1) is 13.8. The summed E-state index contributed by atoms with van der Waals surface area (Å²) in [6.45, 7) is 4.92. The fourth-order valence-corrected chi connectivity index (χ4v) is 4.16. The van der Waals surface area contributed by atoms with Gasteiger partial charge in [-0.2, -0.15) is 0 Å². The molecule has 0 amide bonds. The van der Waals surface area contributed by atoms with Crippen LogP contribution < -0.4 is 14.5 Å². The number of hydrogen-bond donors (Lipinski definition) is 1. The van der Waals surface area contributed by atoms with Crippen molar-refractivity contribution in [1.82, 2.24) is 9.97 Å². The number of hydrogen-bond acceptors (Lipinski definition) is 6. The van der Waals surface area contributed by atoms with Gasteiger partial charge in [0.15, 0.2) is 0 Å². The highest BCUT2D eigenvalue weighted by Gasteiger charge is 2.23. The molecule has 28 heavy (non-hydrogen) atoms. The standard InChI is InChI=1S/C22H30N4O2/c27-15-19-5-4-10-26(14-19)22-13-21(23-17-24-22)25-11-8-18(9-12-25)16-28-20-6-2-1-3-7-20/h1-3,6-7,13,17-19,27H,4-5,8-12,14-16H2. The third-order valence-corrected chi connectivity index (χ3v) is 5.91. The van der Waals surface area contributed by atoms with E-state index in [2.05, 4.69) is 25.8 Å². The van der Waals surface area contributed by atoms with Crippen molar-refractivity contribution in [2.45, 2.75) is 25.7 Å². The lowest BCUT2D eigenvalue weighted by atomic mass is 9.97. The molecule has 3 heterocycles. The van der Waals surface area contributed by atoms with Crippen molar-refractivity contribution in [3.8, 4) is 5.75 Å². The molecule has 2 saturated heterocycles. The highest BCUT2D eigenvalue weighted by molar-refractivity contribution is 5.50. The average Bonchev–Trinajstić information content (AvgIpc) is 2.79. The molecule has 1 unspecified atom stereocenters. The van der Waals surface area contributed by atoms with Gasteiger partial charge in [0, 0.05) is 38.9 Å². The van der Waals surface area contributed by atoms with Crippen molar-refractivity contribution < 1.29 is 9.84 Å². The van der Waals surface area contributed by atoms with Crippen LogP contribution in [0.1, 0.15) is 25.7 Å². The van der Waals surface area contributed by atoms with E-state index < -0.39 is 0 Å². The third kappa shape index (κ3) is 4.73. The van der Waals surface area contributed by atoms with Gasteiger partial charge in [-0.15, -0.1) is 0 Å². The maximum Gasteiger partial charge on any atom is 0.134 e. The Bertz CT molecular complexity index is 734. The number of nitrogens with zero attached hydrogens (tertiary/aromatic N) is 4. The number of aromatic nitrogens is 2. The molecule has 0 radical (unpaired) electrons. The molecule has 6 heteroatoms. The van der Waals surface area contributed by atoms with Crippen LogP contribution in [0.15, 0.2) is 42.7 Å². The number of rotatable bonds is 6. The Morgan fingerprint density at radius 2 is 1.68 bits per heavy atom. The van der Waals surface area contributed by atoms with Crippen LogP contribution >= 0.6 is 0 Å². The van der Waals surface area contributed by atoms with E-state index >= 15 is 0 Å². The van der Waals surface area contributed by atoms with Crippen LogP contribution in [-0.4, -0.2) is 54.5 Å². The fraction of sp³-hybridized carbons (Fsp3) is 0.545. The zero-order valence-electron chi connectivity index (χ0n) is 16.4. The lowest BCUT2D eigenvalue weighted by molar-refractivity contribution is 0.208. The summed E-state index contributed by atoms with van der Waals surface area (Å²) in [5.74, 6) is 3.89. The second-order valence-corrected chi connectivity index (χ2v) is 7.93. The van der Waals surface area contributed by atoms with Crippen molar-refractivity contribution in [3.63, 3.8) is 0 Å². The van der Waals surface area contributed by atoms with Gasteiger partial charge in [-0.3, -0.25) is 0 Å².